The second-order valence-corrected chi connectivity index (χ2v) is 18.4. The van der Waals surface area contributed by atoms with E-state index in [0.717, 1.165) is 24.1 Å². The van der Waals surface area contributed by atoms with E-state index < -0.39 is 0 Å². The van der Waals surface area contributed by atoms with Crippen molar-refractivity contribution in [3.05, 3.63) is 106 Å². The summed E-state index contributed by atoms with van der Waals surface area (Å²) in [6.07, 6.45) is 12.9. The molecule has 6 aromatic rings. The Hall–Kier alpha value is -5.50. The summed E-state index contributed by atoms with van der Waals surface area (Å²) in [6.45, 7) is 10.6. The molecule has 1 N–H and O–H groups in total. The maximum atomic E-state index is 12.3. The molecule has 0 amide bonds. The molecule has 0 bridgehead atoms. The number of likely N-dealkylation sites (N-methyl/N-ethyl adjacent to an activating group) is 1. The van der Waals surface area contributed by atoms with Crippen molar-refractivity contribution in [3.8, 4) is 22.5 Å². The van der Waals surface area contributed by atoms with E-state index >= 15 is 0 Å². The maximum absolute atomic E-state index is 12.3. The average molecular weight is 819 g/mol. The van der Waals surface area contributed by atoms with Gasteiger partial charge < -0.3 is 28.8 Å². The van der Waals surface area contributed by atoms with Crippen molar-refractivity contribution in [2.75, 3.05) is 31.5 Å². The first-order valence-corrected chi connectivity index (χ1v) is 22.8. The van der Waals surface area contributed by atoms with Crippen molar-refractivity contribution < 1.29 is 19.1 Å². The van der Waals surface area contributed by atoms with Crippen molar-refractivity contribution in [1.29, 1.82) is 0 Å². The molecule has 0 spiro atoms. The van der Waals surface area contributed by atoms with Crippen LogP contribution in [0.25, 0.3) is 44.3 Å². The first-order valence-electron chi connectivity index (χ1n) is 22.8. The van der Waals surface area contributed by atoms with E-state index in [1.165, 1.54) is 145 Å². The lowest BCUT2D eigenvalue weighted by Crippen LogP contribution is -2.31. The summed E-state index contributed by atoms with van der Waals surface area (Å²) in [6, 6.07) is 26.5. The zero-order valence-corrected chi connectivity index (χ0v) is 37.2. The van der Waals surface area contributed by atoms with Crippen molar-refractivity contribution in [3.63, 3.8) is 0 Å². The van der Waals surface area contributed by atoms with Gasteiger partial charge in [0.1, 0.15) is 0 Å². The molecule has 0 saturated heterocycles. The normalized spacial score (nSPS) is 19.0. The predicted molar refractivity (Wildman–Crippen MR) is 250 cm³/mol. The van der Waals surface area contributed by atoms with E-state index in [-0.39, 0.29) is 11.9 Å². The molecule has 4 heterocycles. The molecule has 4 aromatic carbocycles. The highest BCUT2D eigenvalue weighted by molar-refractivity contribution is 6.01. The number of hydrogen-bond acceptors (Lipinski definition) is 6. The molecule has 8 nitrogen and oxygen atoms in total. The number of carbonyl (C=O) groups is 2. The van der Waals surface area contributed by atoms with Gasteiger partial charge in [0, 0.05) is 76.5 Å². The number of aromatic nitrogens is 2. The average Bonchev–Trinajstić information content (AvgIpc) is 3.68. The summed E-state index contributed by atoms with van der Waals surface area (Å²) in [7, 11) is 5.11. The topological polar surface area (TPSA) is 77.7 Å². The van der Waals surface area contributed by atoms with E-state index in [0.29, 0.717) is 35.0 Å². The van der Waals surface area contributed by atoms with Gasteiger partial charge in [-0.1, -0.05) is 74.9 Å². The van der Waals surface area contributed by atoms with Gasteiger partial charge >= 0.3 is 11.9 Å². The van der Waals surface area contributed by atoms with Crippen LogP contribution in [0.15, 0.2) is 72.8 Å². The SMILES string of the molecule is COC(=O)c1ccc2c(C3CCCCC3)c3n(c2c1)CC(C)N(C)c1cc(C)ccc1-3.COC(=O)c1ccc2c(C3CCCCC3)c3n(c2c1)CC(C)Nc1cc(C)ccc1-3. The summed E-state index contributed by atoms with van der Waals surface area (Å²) in [5.74, 6) is 0.599. The van der Waals surface area contributed by atoms with Gasteiger partial charge in [-0.3, -0.25) is 0 Å². The molecule has 2 fully saturated rings. The van der Waals surface area contributed by atoms with Crippen LogP contribution in [0.2, 0.25) is 0 Å². The first kappa shape index (κ1) is 40.9. The zero-order valence-electron chi connectivity index (χ0n) is 37.2. The summed E-state index contributed by atoms with van der Waals surface area (Å²) in [5, 5.41) is 6.33. The fraction of sp³-hybridized carbons (Fsp3) is 0.434. The lowest BCUT2D eigenvalue weighted by atomic mass is 9.81. The summed E-state index contributed by atoms with van der Waals surface area (Å²) < 4.78 is 15.0. The van der Waals surface area contributed by atoms with E-state index in [9.17, 15) is 9.59 Å². The van der Waals surface area contributed by atoms with Crippen molar-refractivity contribution in [1.82, 2.24) is 9.13 Å². The number of methoxy groups -OCH3 is 2. The Kier molecular flexibility index (Phi) is 11.2. The molecule has 2 unspecified atom stereocenters. The molecule has 2 aromatic heterocycles. The molecule has 2 atom stereocenters. The van der Waals surface area contributed by atoms with Gasteiger partial charge in [0.15, 0.2) is 0 Å². The van der Waals surface area contributed by atoms with Crippen LogP contribution in [0.5, 0.6) is 0 Å². The van der Waals surface area contributed by atoms with Crippen molar-refractivity contribution in [2.45, 2.75) is 129 Å². The van der Waals surface area contributed by atoms with Crippen molar-refractivity contribution in [2.24, 2.45) is 0 Å². The highest BCUT2D eigenvalue weighted by Crippen LogP contribution is 2.49. The number of benzene rings is 4. The second-order valence-electron chi connectivity index (χ2n) is 18.4. The van der Waals surface area contributed by atoms with E-state index in [2.05, 4.69) is 103 Å². The Morgan fingerprint density at radius 1 is 0.607 bits per heavy atom. The number of nitrogens with zero attached hydrogens (tertiary/aromatic N) is 3. The molecule has 0 radical (unpaired) electrons. The number of ether oxygens (including phenoxy) is 2. The first-order chi connectivity index (χ1) is 29.6. The number of anilines is 2. The number of aryl methyl sites for hydroxylation is 2. The zero-order chi connectivity index (χ0) is 42.5. The summed E-state index contributed by atoms with van der Waals surface area (Å²) in [4.78, 5) is 27.0. The minimum Gasteiger partial charge on any atom is -0.465 e. The van der Waals surface area contributed by atoms with E-state index in [1.807, 2.05) is 24.3 Å². The molecule has 318 valence electrons. The molecular formula is C53H62N4O4. The molecule has 2 saturated carbocycles. The fourth-order valence-electron chi connectivity index (χ4n) is 11.1. The Labute approximate surface area is 361 Å². The Morgan fingerprint density at radius 2 is 1.10 bits per heavy atom. The minimum atomic E-state index is -0.275. The number of nitrogens with one attached hydrogen (secondary N) is 1. The maximum Gasteiger partial charge on any atom is 0.337 e. The quantitative estimate of drug-likeness (QED) is 0.179. The van der Waals surface area contributed by atoms with Gasteiger partial charge in [-0.2, -0.15) is 0 Å². The number of rotatable bonds is 4. The van der Waals surface area contributed by atoms with Crippen LogP contribution >= 0.6 is 0 Å². The summed E-state index contributed by atoms with van der Waals surface area (Å²) in [5.41, 5.74) is 16.9. The molecule has 2 aliphatic heterocycles. The number of hydrogen-bond donors (Lipinski definition) is 1. The third-order valence-electron chi connectivity index (χ3n) is 14.3. The van der Waals surface area contributed by atoms with Crippen LogP contribution in [-0.4, -0.2) is 54.4 Å². The molecular weight excluding hydrogens is 757 g/mol. The molecule has 8 heteroatoms. The van der Waals surface area contributed by atoms with Crippen LogP contribution in [0.4, 0.5) is 11.4 Å². The molecule has 4 aliphatic rings. The van der Waals surface area contributed by atoms with E-state index in [1.54, 1.807) is 0 Å². The molecule has 61 heavy (non-hydrogen) atoms. The van der Waals surface area contributed by atoms with E-state index in [4.69, 9.17) is 9.47 Å². The highest BCUT2D eigenvalue weighted by atomic mass is 16.5. The molecule has 10 rings (SSSR count). The Morgan fingerprint density at radius 3 is 1.64 bits per heavy atom. The smallest absolute Gasteiger partial charge is 0.337 e. The molecule has 2 aliphatic carbocycles. The van der Waals surface area contributed by atoms with Gasteiger partial charge in [-0.25, -0.2) is 9.59 Å². The number of fused-ring (bicyclic) bond motifs is 10. The minimum absolute atomic E-state index is 0.272. The van der Waals surface area contributed by atoms with Crippen LogP contribution in [-0.2, 0) is 22.6 Å². The fourth-order valence-corrected chi connectivity index (χ4v) is 11.1. The lowest BCUT2D eigenvalue weighted by Gasteiger charge is -2.27. The van der Waals surface area contributed by atoms with Gasteiger partial charge in [0.25, 0.3) is 0 Å². The van der Waals surface area contributed by atoms with Gasteiger partial charge in [0.05, 0.1) is 36.7 Å². The van der Waals surface area contributed by atoms with Crippen LogP contribution in [0.1, 0.15) is 133 Å². The Balaban J connectivity index is 0.000000156. The lowest BCUT2D eigenvalue weighted by molar-refractivity contribution is 0.0592. The third kappa shape index (κ3) is 7.40. The van der Waals surface area contributed by atoms with Crippen LogP contribution < -0.4 is 10.2 Å². The third-order valence-corrected chi connectivity index (χ3v) is 14.3. The Bertz CT molecular complexity index is 2640. The number of esters is 2. The monoisotopic (exact) mass is 818 g/mol. The highest BCUT2D eigenvalue weighted by Gasteiger charge is 2.33. The van der Waals surface area contributed by atoms with Crippen LogP contribution in [0, 0.1) is 13.8 Å². The van der Waals surface area contributed by atoms with Gasteiger partial charge in [-0.15, -0.1) is 0 Å². The van der Waals surface area contributed by atoms with Crippen LogP contribution in [0.3, 0.4) is 0 Å². The number of carbonyl (C=O) groups excluding carboxylic acids is 2. The predicted octanol–water partition coefficient (Wildman–Crippen LogP) is 12.6. The second kappa shape index (κ2) is 16.8. The van der Waals surface area contributed by atoms with Gasteiger partial charge in [0.2, 0.25) is 0 Å². The van der Waals surface area contributed by atoms with Crippen molar-refractivity contribution >= 4 is 45.1 Å². The standard InChI is InChI=1S/C27H32N2O2.C26H30N2O2/c1-17-10-12-22-23(14-17)28(3)18(2)16-29-24-15-20(27(30)31-4)11-13-21(24)25(26(22)29)19-8-6-5-7-9-19;1-16-9-11-20-22(13-16)27-17(2)15-28-23-14-19(26(29)30-3)10-12-21(23)24(25(20)28)18-7-5-4-6-8-18/h10-15,18-19H,5-9,16H2,1-4H3;9-14,17-18,27H,4-8,15H2,1-3H3. The summed E-state index contributed by atoms with van der Waals surface area (Å²) >= 11 is 0. The largest absolute Gasteiger partial charge is 0.465 e. The van der Waals surface area contributed by atoms with Gasteiger partial charge in [-0.05, 0) is 124 Å².